The molecule has 166 valence electrons. The number of hydrogen-bond acceptors (Lipinski definition) is 3. The van der Waals surface area contributed by atoms with Crippen LogP contribution in [0.3, 0.4) is 0 Å². The van der Waals surface area contributed by atoms with Crippen LogP contribution in [0.4, 0.5) is 8.78 Å². The van der Waals surface area contributed by atoms with Gasteiger partial charge in [-0.1, -0.05) is 47.5 Å². The minimum absolute atomic E-state index is 0.00770. The lowest BCUT2D eigenvalue weighted by atomic mass is 10.1. The van der Waals surface area contributed by atoms with E-state index in [1.165, 1.54) is 24.3 Å². The molecule has 3 aromatic rings. The van der Waals surface area contributed by atoms with Crippen molar-refractivity contribution in [3.8, 4) is 0 Å². The van der Waals surface area contributed by atoms with Gasteiger partial charge in [0.2, 0.25) is 0 Å². The van der Waals surface area contributed by atoms with E-state index in [0.717, 1.165) is 4.90 Å². The third-order valence-corrected chi connectivity index (χ3v) is 5.68. The maximum absolute atomic E-state index is 13.6. The number of carbonyl (C=O) groups is 2. The minimum atomic E-state index is -0.651. The quantitative estimate of drug-likeness (QED) is 0.445. The fourth-order valence-electron chi connectivity index (χ4n) is 3.25. The molecular formula is C24H19Cl2F2NO3. The number of hydrogen-bond donors (Lipinski definition) is 1. The molecule has 1 heterocycles. The highest BCUT2D eigenvalue weighted by Crippen LogP contribution is 2.32. The lowest BCUT2D eigenvalue weighted by molar-refractivity contribution is 0.0595. The molecule has 1 aliphatic rings. The number of imide groups is 1. The van der Waals surface area contributed by atoms with Gasteiger partial charge in [-0.2, -0.15) is 0 Å². The van der Waals surface area contributed by atoms with Gasteiger partial charge >= 0.3 is 0 Å². The van der Waals surface area contributed by atoms with Gasteiger partial charge in [0.25, 0.3) is 11.8 Å². The van der Waals surface area contributed by atoms with Crippen LogP contribution in [0, 0.1) is 11.6 Å². The Hall–Kier alpha value is -2.80. The number of halogens is 4. The van der Waals surface area contributed by atoms with Crippen molar-refractivity contribution in [1.82, 2.24) is 4.90 Å². The average Bonchev–Trinajstić information content (AvgIpc) is 3.02. The van der Waals surface area contributed by atoms with Crippen LogP contribution in [0.1, 0.15) is 57.8 Å². The van der Waals surface area contributed by atoms with Crippen LogP contribution in [-0.2, 0) is 0 Å². The Bertz CT molecular complexity index is 1150. The van der Waals surface area contributed by atoms with Gasteiger partial charge in [0.05, 0.1) is 33.3 Å². The van der Waals surface area contributed by atoms with E-state index < -0.39 is 23.8 Å². The summed E-state index contributed by atoms with van der Waals surface area (Å²) < 4.78 is 26.3. The smallest absolute Gasteiger partial charge is 0.262 e. The molecule has 1 N–H and O–H groups in total. The maximum Gasteiger partial charge on any atom is 0.262 e. The number of amides is 2. The van der Waals surface area contributed by atoms with Crippen LogP contribution in [0.5, 0.6) is 0 Å². The molecule has 0 aromatic heterocycles. The summed E-state index contributed by atoms with van der Waals surface area (Å²) in [6, 6.07) is 14.6. The fraction of sp³-hybridized carbons (Fsp3) is 0.167. The lowest BCUT2D eigenvalue weighted by Crippen LogP contribution is -2.32. The summed E-state index contributed by atoms with van der Waals surface area (Å²) in [5, 5.41) is 9.12. The predicted octanol–water partition coefficient (Wildman–Crippen LogP) is 6.37. The van der Waals surface area contributed by atoms with Crippen LogP contribution >= 0.6 is 23.2 Å². The molecule has 0 fully saturated rings. The number of benzene rings is 3. The summed E-state index contributed by atoms with van der Waals surface area (Å²) in [6.45, 7) is 3.26. The van der Waals surface area contributed by atoms with Crippen molar-refractivity contribution in [3.05, 3.63) is 105 Å². The molecule has 0 saturated heterocycles. The zero-order chi connectivity index (χ0) is 23.6. The fourth-order valence-corrected chi connectivity index (χ4v) is 3.49. The third kappa shape index (κ3) is 4.83. The molecular weight excluding hydrogens is 459 g/mol. The predicted molar refractivity (Wildman–Crippen MR) is 119 cm³/mol. The molecule has 0 saturated carbocycles. The Morgan fingerprint density at radius 2 is 1.22 bits per heavy atom. The highest BCUT2D eigenvalue weighted by Gasteiger charge is 2.38. The van der Waals surface area contributed by atoms with E-state index >= 15 is 0 Å². The van der Waals surface area contributed by atoms with Crippen molar-refractivity contribution in [3.63, 3.8) is 0 Å². The Morgan fingerprint density at radius 1 is 0.781 bits per heavy atom. The maximum atomic E-state index is 13.6. The second-order valence-electron chi connectivity index (χ2n) is 7.22. The first-order chi connectivity index (χ1) is 15.1. The van der Waals surface area contributed by atoms with Crippen molar-refractivity contribution in [2.75, 3.05) is 0 Å². The van der Waals surface area contributed by atoms with Crippen molar-refractivity contribution >= 4 is 35.0 Å². The average molecular weight is 478 g/mol. The van der Waals surface area contributed by atoms with Gasteiger partial charge in [-0.3, -0.25) is 14.5 Å². The summed E-state index contributed by atoms with van der Waals surface area (Å²) >= 11 is 11.1. The number of aliphatic hydroxyl groups is 1. The van der Waals surface area contributed by atoms with Gasteiger partial charge in [-0.25, -0.2) is 8.78 Å². The van der Waals surface area contributed by atoms with E-state index in [2.05, 4.69) is 0 Å². The van der Waals surface area contributed by atoms with Crippen LogP contribution in [0.25, 0.3) is 0 Å². The number of rotatable bonds is 3. The van der Waals surface area contributed by atoms with Gasteiger partial charge < -0.3 is 5.11 Å². The van der Waals surface area contributed by atoms with Gasteiger partial charge in [0, 0.05) is 0 Å². The summed E-state index contributed by atoms with van der Waals surface area (Å²) in [4.78, 5) is 25.9. The first-order valence-electron chi connectivity index (χ1n) is 9.66. The topological polar surface area (TPSA) is 57.6 Å². The molecule has 8 heteroatoms. The highest BCUT2D eigenvalue weighted by molar-refractivity contribution is 6.31. The lowest BCUT2D eigenvalue weighted by Gasteiger charge is -2.23. The first-order valence-corrected chi connectivity index (χ1v) is 10.4. The Labute approximate surface area is 194 Å². The van der Waals surface area contributed by atoms with Crippen LogP contribution in [0.2, 0.25) is 10.0 Å². The monoisotopic (exact) mass is 477 g/mol. The van der Waals surface area contributed by atoms with E-state index in [-0.39, 0.29) is 21.9 Å². The summed E-state index contributed by atoms with van der Waals surface area (Å²) in [5.74, 6) is -1.79. The van der Waals surface area contributed by atoms with Gasteiger partial charge in [0.15, 0.2) is 0 Å². The molecule has 0 radical (unpaired) electrons. The summed E-state index contributed by atoms with van der Waals surface area (Å²) in [6.07, 6.45) is -0.651. The van der Waals surface area contributed by atoms with Crippen molar-refractivity contribution in [1.29, 1.82) is 0 Å². The number of nitrogens with zero attached hydrogens (tertiary/aromatic N) is 1. The van der Waals surface area contributed by atoms with Gasteiger partial charge in [-0.15, -0.1) is 0 Å². The molecule has 2 unspecified atom stereocenters. The van der Waals surface area contributed by atoms with E-state index in [9.17, 15) is 18.4 Å². The van der Waals surface area contributed by atoms with Gasteiger partial charge in [0.1, 0.15) is 11.6 Å². The van der Waals surface area contributed by atoms with E-state index in [1.807, 2.05) is 0 Å². The number of fused-ring (bicyclic) bond motifs is 1. The molecule has 0 bridgehead atoms. The zero-order valence-corrected chi connectivity index (χ0v) is 18.7. The molecule has 0 aliphatic carbocycles. The molecule has 1 aliphatic heterocycles. The highest BCUT2D eigenvalue weighted by atomic mass is 35.5. The Kier molecular flexibility index (Phi) is 7.29. The third-order valence-electron chi connectivity index (χ3n) is 5.06. The Morgan fingerprint density at radius 3 is 1.66 bits per heavy atom. The molecule has 4 nitrogen and oxygen atoms in total. The largest absolute Gasteiger partial charge is 0.389 e. The number of carbonyl (C=O) groups excluding carboxylic acids is 2. The van der Waals surface area contributed by atoms with Crippen molar-refractivity contribution in [2.45, 2.75) is 26.0 Å². The molecule has 32 heavy (non-hydrogen) atoms. The zero-order valence-electron chi connectivity index (χ0n) is 17.2. The first kappa shape index (κ1) is 23.9. The van der Waals surface area contributed by atoms with E-state index in [4.69, 9.17) is 28.3 Å². The number of aliphatic hydroxyl groups excluding tert-OH is 1. The standard InChI is InChI=1S/C16H11ClFNO2.C8H8ClFO/c1-9(10-6-7-13(17)14(18)8-10)19-15(20)11-4-2-3-5-12(11)16(19)21;1-5(11)6-2-3-7(9)8(10)4-6/h2-9H,1H3;2-5,11H,1H3. The second-order valence-corrected chi connectivity index (χ2v) is 8.04. The Balaban J connectivity index is 0.000000222. The molecule has 0 spiro atoms. The second kappa shape index (κ2) is 9.77. The summed E-state index contributed by atoms with van der Waals surface area (Å²) in [5.41, 5.74) is 1.81. The summed E-state index contributed by atoms with van der Waals surface area (Å²) in [7, 11) is 0. The van der Waals surface area contributed by atoms with Crippen LogP contribution in [-0.4, -0.2) is 21.8 Å². The van der Waals surface area contributed by atoms with Crippen molar-refractivity contribution < 1.29 is 23.5 Å². The molecule has 2 amide bonds. The van der Waals surface area contributed by atoms with E-state index in [1.54, 1.807) is 50.2 Å². The SMILES string of the molecule is CC(O)c1ccc(Cl)c(F)c1.CC(c1ccc(Cl)c(F)c1)N1C(=O)c2ccccc2C1=O. The molecule has 2 atom stereocenters. The van der Waals surface area contributed by atoms with Gasteiger partial charge in [-0.05, 0) is 61.4 Å². The normalized spacial score (nSPS) is 14.5. The molecule has 3 aromatic carbocycles. The van der Waals surface area contributed by atoms with Crippen LogP contribution in [0.15, 0.2) is 60.7 Å². The minimum Gasteiger partial charge on any atom is -0.389 e. The van der Waals surface area contributed by atoms with Crippen LogP contribution < -0.4 is 0 Å². The van der Waals surface area contributed by atoms with E-state index in [0.29, 0.717) is 22.3 Å². The molecule has 4 rings (SSSR count). The van der Waals surface area contributed by atoms with Crippen molar-refractivity contribution in [2.24, 2.45) is 0 Å².